The van der Waals surface area contributed by atoms with Crippen molar-refractivity contribution in [1.82, 2.24) is 0 Å². The Hall–Kier alpha value is -1.76. The summed E-state index contributed by atoms with van der Waals surface area (Å²) in [5, 5.41) is 4.02. The second-order valence-electron chi connectivity index (χ2n) is 5.75. The summed E-state index contributed by atoms with van der Waals surface area (Å²) in [7, 11) is 1.29. The smallest absolute Gasteiger partial charge is 0.350 e. The van der Waals surface area contributed by atoms with Crippen LogP contribution in [0.4, 0.5) is 10.7 Å². The fourth-order valence-electron chi connectivity index (χ4n) is 2.72. The molecule has 0 atom stereocenters. The van der Waals surface area contributed by atoms with Crippen LogP contribution in [0.2, 0.25) is 0 Å². The third kappa shape index (κ3) is 2.70. The Bertz CT molecular complexity index is 579. The number of carbonyl (C=O) groups excluding carboxylic acids is 2. The van der Waals surface area contributed by atoms with E-state index >= 15 is 0 Å². The van der Waals surface area contributed by atoms with Gasteiger partial charge in [0.05, 0.1) is 18.4 Å². The van der Waals surface area contributed by atoms with Crippen LogP contribution in [0.15, 0.2) is 0 Å². The van der Waals surface area contributed by atoms with E-state index in [0.717, 1.165) is 11.3 Å². The molecule has 5 N–H and O–H groups in total. The number of nitrogens with one attached hydrogen (secondary N) is 1. The van der Waals surface area contributed by atoms with Crippen molar-refractivity contribution in [3.63, 3.8) is 0 Å². The van der Waals surface area contributed by atoms with Gasteiger partial charge in [-0.1, -0.05) is 0 Å². The van der Waals surface area contributed by atoms with Gasteiger partial charge in [-0.25, -0.2) is 4.79 Å². The number of esters is 1. The molecule has 2 aliphatic carbocycles. The first-order chi connectivity index (χ1) is 10.0. The highest BCUT2D eigenvalue weighted by Gasteiger charge is 2.42. The first-order valence-corrected chi connectivity index (χ1v) is 7.91. The summed E-state index contributed by atoms with van der Waals surface area (Å²) in [5.74, 6) is 0.153. The van der Waals surface area contributed by atoms with E-state index in [1.807, 2.05) is 0 Å². The lowest BCUT2D eigenvalue weighted by atomic mass is 10.1. The maximum Gasteiger partial charge on any atom is 0.350 e. The van der Waals surface area contributed by atoms with Gasteiger partial charge in [-0.15, -0.1) is 11.3 Å². The number of nitrogens with two attached hydrogens (primary N) is 2. The second-order valence-corrected chi connectivity index (χ2v) is 6.77. The van der Waals surface area contributed by atoms with E-state index in [0.29, 0.717) is 22.9 Å². The number of thiophene rings is 1. The van der Waals surface area contributed by atoms with Crippen LogP contribution in [0.1, 0.15) is 45.7 Å². The predicted molar refractivity (Wildman–Crippen MR) is 81.4 cm³/mol. The Morgan fingerprint density at radius 2 is 1.86 bits per heavy atom. The van der Waals surface area contributed by atoms with Gasteiger partial charge in [-0.3, -0.25) is 4.79 Å². The summed E-state index contributed by atoms with van der Waals surface area (Å²) < 4.78 is 4.70. The topological polar surface area (TPSA) is 107 Å². The molecule has 0 unspecified atom stereocenters. The first kappa shape index (κ1) is 14.2. The minimum atomic E-state index is -0.619. The van der Waals surface area contributed by atoms with E-state index in [1.54, 1.807) is 0 Å². The maximum atomic E-state index is 11.7. The number of hydrogen-bond acceptors (Lipinski definition) is 6. The van der Waals surface area contributed by atoms with Gasteiger partial charge in [0.25, 0.3) is 5.91 Å². The summed E-state index contributed by atoms with van der Waals surface area (Å²) >= 11 is 1.15. The van der Waals surface area contributed by atoms with Crippen molar-refractivity contribution in [3.05, 3.63) is 10.4 Å². The number of ether oxygens (including phenoxy) is 1. The van der Waals surface area contributed by atoms with Crippen molar-refractivity contribution in [2.45, 2.75) is 31.7 Å². The van der Waals surface area contributed by atoms with Crippen LogP contribution in [0, 0.1) is 11.8 Å². The molecule has 1 aromatic heterocycles. The minimum Gasteiger partial charge on any atom is -0.465 e. The molecule has 2 saturated carbocycles. The highest BCUT2D eigenvalue weighted by atomic mass is 32.1. The summed E-state index contributed by atoms with van der Waals surface area (Å²) in [6.07, 6.45) is 4.85. The zero-order chi connectivity index (χ0) is 15.1. The molecule has 114 valence electrons. The van der Waals surface area contributed by atoms with E-state index in [-0.39, 0.29) is 16.1 Å². The van der Waals surface area contributed by atoms with E-state index in [2.05, 4.69) is 5.32 Å². The molecular formula is C14H19N3O3S. The molecule has 21 heavy (non-hydrogen) atoms. The van der Waals surface area contributed by atoms with Gasteiger partial charge in [0.1, 0.15) is 9.88 Å². The number of rotatable bonds is 6. The van der Waals surface area contributed by atoms with Crippen LogP contribution in [0.3, 0.4) is 0 Å². The zero-order valence-electron chi connectivity index (χ0n) is 11.8. The highest BCUT2D eigenvalue weighted by Crippen LogP contribution is 2.47. The molecule has 0 spiro atoms. The van der Waals surface area contributed by atoms with Crippen molar-refractivity contribution in [2.24, 2.45) is 17.6 Å². The average Bonchev–Trinajstić information content (AvgIpc) is 3.33. The lowest BCUT2D eigenvalue weighted by Gasteiger charge is -2.18. The largest absolute Gasteiger partial charge is 0.465 e. The predicted octanol–water partition coefficient (Wildman–Crippen LogP) is 1.82. The summed E-state index contributed by atoms with van der Waals surface area (Å²) in [5.41, 5.74) is 11.7. The van der Waals surface area contributed by atoms with Crippen molar-refractivity contribution in [1.29, 1.82) is 0 Å². The number of amides is 1. The Balaban J connectivity index is 1.92. The van der Waals surface area contributed by atoms with Crippen LogP contribution < -0.4 is 16.8 Å². The lowest BCUT2D eigenvalue weighted by molar-refractivity contribution is 0.0607. The van der Waals surface area contributed by atoms with E-state index < -0.39 is 11.9 Å². The molecule has 3 rings (SSSR count). The van der Waals surface area contributed by atoms with Crippen LogP contribution in [-0.2, 0) is 4.74 Å². The molecule has 0 aromatic carbocycles. The first-order valence-electron chi connectivity index (χ1n) is 7.09. The number of hydrogen-bond donors (Lipinski definition) is 3. The number of carbonyl (C=O) groups is 2. The molecule has 0 bridgehead atoms. The molecule has 2 fully saturated rings. The Morgan fingerprint density at radius 1 is 1.29 bits per heavy atom. The Morgan fingerprint density at radius 3 is 2.29 bits per heavy atom. The normalized spacial score (nSPS) is 17.8. The van der Waals surface area contributed by atoms with Gasteiger partial charge in [-0.05, 0) is 37.5 Å². The molecule has 7 heteroatoms. The van der Waals surface area contributed by atoms with Crippen LogP contribution in [0.5, 0.6) is 0 Å². The number of primary amides is 1. The molecule has 0 radical (unpaired) electrons. The fraction of sp³-hybridized carbons (Fsp3) is 0.571. The molecule has 0 aliphatic heterocycles. The number of anilines is 2. The quantitative estimate of drug-likeness (QED) is 0.695. The number of nitrogen functional groups attached to an aromatic ring is 1. The van der Waals surface area contributed by atoms with Gasteiger partial charge >= 0.3 is 5.97 Å². The third-order valence-electron chi connectivity index (χ3n) is 4.12. The number of methoxy groups -OCH3 is 1. The molecule has 1 amide bonds. The Labute approximate surface area is 126 Å². The van der Waals surface area contributed by atoms with Gasteiger partial charge in [0, 0.05) is 6.04 Å². The molecule has 2 aliphatic rings. The van der Waals surface area contributed by atoms with E-state index in [4.69, 9.17) is 16.2 Å². The van der Waals surface area contributed by atoms with Gasteiger partial charge in [0.15, 0.2) is 0 Å². The lowest BCUT2D eigenvalue weighted by Crippen LogP contribution is -2.25. The van der Waals surface area contributed by atoms with Crippen molar-refractivity contribution in [3.8, 4) is 0 Å². The van der Waals surface area contributed by atoms with Crippen molar-refractivity contribution < 1.29 is 14.3 Å². The summed E-state index contributed by atoms with van der Waals surface area (Å²) in [6, 6.07) is 0.353. The van der Waals surface area contributed by atoms with Gasteiger partial charge in [0.2, 0.25) is 0 Å². The van der Waals surface area contributed by atoms with Crippen LogP contribution in [-0.4, -0.2) is 25.0 Å². The SMILES string of the molecule is COC(=O)c1sc(NC(C2CC2)C2CC2)c(C(N)=O)c1N. The van der Waals surface area contributed by atoms with Crippen molar-refractivity contribution in [2.75, 3.05) is 18.2 Å². The zero-order valence-corrected chi connectivity index (χ0v) is 12.7. The molecule has 0 saturated heterocycles. The Kier molecular flexibility index (Phi) is 3.52. The van der Waals surface area contributed by atoms with Gasteiger partial charge in [-0.2, -0.15) is 0 Å². The van der Waals surface area contributed by atoms with Crippen molar-refractivity contribution >= 4 is 33.9 Å². The van der Waals surface area contributed by atoms with Crippen LogP contribution >= 0.6 is 11.3 Å². The summed E-state index contributed by atoms with van der Waals surface area (Å²) in [4.78, 5) is 23.6. The average molecular weight is 309 g/mol. The van der Waals surface area contributed by atoms with Gasteiger partial charge < -0.3 is 21.5 Å². The van der Waals surface area contributed by atoms with E-state index in [9.17, 15) is 9.59 Å². The molecule has 1 heterocycles. The summed E-state index contributed by atoms with van der Waals surface area (Å²) in [6.45, 7) is 0. The minimum absolute atomic E-state index is 0.118. The highest BCUT2D eigenvalue weighted by molar-refractivity contribution is 7.19. The van der Waals surface area contributed by atoms with E-state index in [1.165, 1.54) is 32.8 Å². The van der Waals surface area contributed by atoms with Crippen LogP contribution in [0.25, 0.3) is 0 Å². The monoisotopic (exact) mass is 309 g/mol. The molecule has 6 nitrogen and oxygen atoms in total. The molecule has 1 aromatic rings. The molecular weight excluding hydrogens is 290 g/mol. The third-order valence-corrected chi connectivity index (χ3v) is 5.24. The second kappa shape index (κ2) is 5.22. The maximum absolute atomic E-state index is 11.7. The fourth-order valence-corrected chi connectivity index (χ4v) is 3.81. The standard InChI is InChI=1S/C14H19N3O3S/c1-20-14(19)11-9(15)8(12(16)18)13(21-11)17-10(6-2-3-6)7-4-5-7/h6-7,10,17H,2-5,15H2,1H3,(H2,16,18).